The average Bonchev–Trinajstić information content (AvgIpc) is 3.97. The molecule has 7 rings (SSSR count). The van der Waals surface area contributed by atoms with Gasteiger partial charge in [-0.15, -0.1) is 0 Å². The minimum atomic E-state index is -0.510. The molecule has 2 aliphatic rings. The van der Waals surface area contributed by atoms with Gasteiger partial charge in [-0.05, 0) is 81.6 Å². The molecule has 11 heteroatoms. The van der Waals surface area contributed by atoms with Crippen LogP contribution in [0.25, 0.3) is 11.0 Å². The van der Waals surface area contributed by atoms with Crippen molar-refractivity contribution < 1.29 is 33.0 Å². The smallest absolute Gasteiger partial charge is 0.308 e. The Balaban J connectivity index is 1.06. The molecule has 5 aromatic rings. The van der Waals surface area contributed by atoms with Crippen LogP contribution in [-0.4, -0.2) is 84.0 Å². The largest absolute Gasteiger partial charge is 0.493 e. The van der Waals surface area contributed by atoms with Crippen molar-refractivity contribution in [3.8, 4) is 17.2 Å². The summed E-state index contributed by atoms with van der Waals surface area (Å²) in [6.07, 6.45) is 5.27. The maximum Gasteiger partial charge on any atom is 0.308 e. The van der Waals surface area contributed by atoms with Gasteiger partial charge in [-0.2, -0.15) is 0 Å². The van der Waals surface area contributed by atoms with E-state index in [1.54, 1.807) is 12.3 Å². The summed E-state index contributed by atoms with van der Waals surface area (Å²) in [6, 6.07) is 23.7. The minimum absolute atomic E-state index is 0.0811. The number of nitrogens with zero attached hydrogens (tertiary/aromatic N) is 4. The number of para-hydroxylation sites is 2. The molecule has 0 N–H and O–H groups in total. The second-order valence-corrected chi connectivity index (χ2v) is 14.4. The maximum absolute atomic E-state index is 14.4. The third kappa shape index (κ3) is 7.24. The third-order valence-corrected chi connectivity index (χ3v) is 11.2. The second-order valence-electron chi connectivity index (χ2n) is 14.4. The fraction of sp³-hybridized carbons (Fsp3) is 0.395. The van der Waals surface area contributed by atoms with Crippen LogP contribution >= 0.6 is 0 Å². The van der Waals surface area contributed by atoms with E-state index in [-0.39, 0.29) is 34.3 Å². The number of esters is 1. The number of methoxy groups -OCH3 is 2. The highest BCUT2D eigenvalue weighted by Crippen LogP contribution is 2.44. The number of carbonyl (C=O) groups excluding carboxylic acids is 3. The number of imidazole rings is 1. The molecule has 1 atom stereocenters. The fourth-order valence-corrected chi connectivity index (χ4v) is 8.34. The molecule has 2 aromatic heterocycles. The molecule has 3 aromatic carbocycles. The van der Waals surface area contributed by atoms with Crippen molar-refractivity contribution >= 4 is 28.7 Å². The lowest BCUT2D eigenvalue weighted by atomic mass is 9.76. The maximum atomic E-state index is 14.4. The van der Waals surface area contributed by atoms with Crippen LogP contribution in [0.4, 0.5) is 0 Å². The first kappa shape index (κ1) is 36.9. The summed E-state index contributed by atoms with van der Waals surface area (Å²) in [4.78, 5) is 49.8. The van der Waals surface area contributed by atoms with Crippen LogP contribution < -0.4 is 14.2 Å². The van der Waals surface area contributed by atoms with Crippen molar-refractivity contribution in [2.75, 3.05) is 46.9 Å². The minimum Gasteiger partial charge on any atom is -0.493 e. The normalized spacial score (nSPS) is 17.9. The molecule has 1 unspecified atom stereocenters. The van der Waals surface area contributed by atoms with Crippen molar-refractivity contribution in [1.29, 1.82) is 0 Å². The monoisotopic (exact) mass is 732 g/mol. The molecule has 282 valence electrons. The van der Waals surface area contributed by atoms with Gasteiger partial charge in [0.15, 0.2) is 23.1 Å². The van der Waals surface area contributed by atoms with Crippen molar-refractivity contribution in [3.63, 3.8) is 0 Å². The average molecular weight is 733 g/mol. The number of ether oxygens (including phenoxy) is 3. The molecule has 11 nitrogen and oxygen atoms in total. The zero-order valence-corrected chi connectivity index (χ0v) is 31.5. The van der Waals surface area contributed by atoms with Crippen LogP contribution in [0.2, 0.25) is 0 Å². The molecule has 0 bridgehead atoms. The van der Waals surface area contributed by atoms with Crippen LogP contribution in [0.15, 0.2) is 83.5 Å². The number of aromatic nitrogens is 2. The number of ketones is 1. The molecule has 2 saturated heterocycles. The van der Waals surface area contributed by atoms with Crippen LogP contribution in [-0.2, 0) is 23.2 Å². The van der Waals surface area contributed by atoms with E-state index in [1.165, 1.54) is 26.7 Å². The topological polar surface area (TPSA) is 116 Å². The summed E-state index contributed by atoms with van der Waals surface area (Å²) < 4.78 is 24.6. The van der Waals surface area contributed by atoms with Gasteiger partial charge < -0.3 is 33.0 Å². The van der Waals surface area contributed by atoms with E-state index in [1.807, 2.05) is 58.9 Å². The predicted octanol–water partition coefficient (Wildman–Crippen LogP) is 6.95. The highest BCUT2D eigenvalue weighted by atomic mass is 16.5. The van der Waals surface area contributed by atoms with E-state index in [0.717, 1.165) is 62.1 Å². The summed E-state index contributed by atoms with van der Waals surface area (Å²) in [5, 5.41) is 0. The van der Waals surface area contributed by atoms with Gasteiger partial charge in [-0.3, -0.25) is 14.4 Å². The van der Waals surface area contributed by atoms with Gasteiger partial charge in [0.2, 0.25) is 5.78 Å². The molecule has 0 radical (unpaired) electrons. The van der Waals surface area contributed by atoms with E-state index < -0.39 is 5.97 Å². The van der Waals surface area contributed by atoms with Crippen LogP contribution in [0, 0.1) is 5.92 Å². The lowest BCUT2D eigenvalue weighted by molar-refractivity contribution is -0.131. The number of Topliss-reactive ketones (excluding diaryl/α,β-unsaturated/α-hetero) is 1. The van der Waals surface area contributed by atoms with E-state index in [9.17, 15) is 14.4 Å². The van der Waals surface area contributed by atoms with Gasteiger partial charge in [0.25, 0.3) is 5.91 Å². The predicted molar refractivity (Wildman–Crippen MR) is 205 cm³/mol. The first-order chi connectivity index (χ1) is 26.2. The van der Waals surface area contributed by atoms with Gasteiger partial charge in [-0.25, -0.2) is 4.98 Å². The SMILES string of the molecule is CCc1c(OC)c(OC)cc(C(=O)N2CCC(CCN3CCC(C(=O)c4nc5ccccc5n4Cc4ccco4)CC3)(c3ccccc3)C2)c1OC(C)=O. The fourth-order valence-electron chi connectivity index (χ4n) is 8.34. The Hall–Kier alpha value is -5.42. The summed E-state index contributed by atoms with van der Waals surface area (Å²) >= 11 is 0. The lowest BCUT2D eigenvalue weighted by Crippen LogP contribution is -2.41. The molecule has 0 spiro atoms. The Morgan fingerprint density at radius 3 is 2.37 bits per heavy atom. The van der Waals surface area contributed by atoms with Gasteiger partial charge in [-0.1, -0.05) is 49.4 Å². The summed E-state index contributed by atoms with van der Waals surface area (Å²) in [6.45, 7) is 7.23. The quantitative estimate of drug-likeness (QED) is 0.0721. The van der Waals surface area contributed by atoms with Gasteiger partial charge >= 0.3 is 5.97 Å². The highest BCUT2D eigenvalue weighted by Gasteiger charge is 2.43. The van der Waals surface area contributed by atoms with E-state index in [2.05, 4.69) is 29.2 Å². The number of rotatable bonds is 13. The number of piperidine rings is 1. The van der Waals surface area contributed by atoms with E-state index >= 15 is 0 Å². The first-order valence-electron chi connectivity index (χ1n) is 18.8. The number of benzene rings is 3. The van der Waals surface area contributed by atoms with E-state index in [0.29, 0.717) is 48.9 Å². The zero-order valence-electron chi connectivity index (χ0n) is 31.5. The van der Waals surface area contributed by atoms with Crippen molar-refractivity contribution in [1.82, 2.24) is 19.4 Å². The summed E-state index contributed by atoms with van der Waals surface area (Å²) in [7, 11) is 3.07. The van der Waals surface area contributed by atoms with Crippen LogP contribution in [0.1, 0.15) is 77.4 Å². The van der Waals surface area contributed by atoms with Crippen molar-refractivity contribution in [2.45, 2.75) is 57.9 Å². The van der Waals surface area contributed by atoms with Gasteiger partial charge in [0.05, 0.1) is 43.6 Å². The number of fused-ring (bicyclic) bond motifs is 1. The van der Waals surface area contributed by atoms with Crippen LogP contribution in [0.3, 0.4) is 0 Å². The van der Waals surface area contributed by atoms with Gasteiger partial charge in [0.1, 0.15) is 5.76 Å². The standard InChI is InChI=1S/C43H48N4O7/c1-5-33-39(54-29(2)48)34(26-37(51-3)40(33)52-4)42(50)46-24-20-43(28-46,31-12-7-6-8-13-31)19-23-45-21-17-30(18-22-45)38(49)41-44-35-15-9-10-16-36(35)47(41)27-32-14-11-25-53-32/h6-16,25-26,30H,5,17-24,27-28H2,1-4H3. The number of amides is 1. The molecule has 1 amide bonds. The molecular weight excluding hydrogens is 684 g/mol. The van der Waals surface area contributed by atoms with Crippen molar-refractivity contribution in [3.05, 3.63) is 107 Å². The molecule has 2 fully saturated rings. The Kier molecular flexibility index (Phi) is 10.9. The number of hydrogen-bond donors (Lipinski definition) is 0. The van der Waals surface area contributed by atoms with Crippen LogP contribution in [0.5, 0.6) is 17.2 Å². The Bertz CT molecular complexity index is 2120. The summed E-state index contributed by atoms with van der Waals surface area (Å²) in [5.74, 6) is 1.60. The first-order valence-corrected chi connectivity index (χ1v) is 18.8. The number of hydrogen-bond acceptors (Lipinski definition) is 9. The van der Waals surface area contributed by atoms with E-state index in [4.69, 9.17) is 23.6 Å². The summed E-state index contributed by atoms with van der Waals surface area (Å²) in [5.41, 5.74) is 3.55. The second kappa shape index (κ2) is 15.9. The van der Waals surface area contributed by atoms with Crippen molar-refractivity contribution in [2.24, 2.45) is 5.92 Å². The molecule has 54 heavy (non-hydrogen) atoms. The highest BCUT2D eigenvalue weighted by molar-refractivity contribution is 6.00. The molecule has 4 heterocycles. The molecule has 0 aliphatic carbocycles. The molecular formula is C43H48N4O7. The Morgan fingerprint density at radius 1 is 0.926 bits per heavy atom. The van der Waals surface area contributed by atoms with Gasteiger partial charge in [0, 0.05) is 43.0 Å². The zero-order chi connectivity index (χ0) is 37.8. The number of furan rings is 1. The number of likely N-dealkylation sites (tertiary alicyclic amines) is 2. The Labute approximate surface area is 315 Å². The molecule has 0 saturated carbocycles. The lowest BCUT2D eigenvalue weighted by Gasteiger charge is -2.36. The Morgan fingerprint density at radius 2 is 1.69 bits per heavy atom. The number of carbonyl (C=O) groups is 3. The molecule has 2 aliphatic heterocycles. The third-order valence-electron chi connectivity index (χ3n) is 11.2.